The highest BCUT2D eigenvalue weighted by molar-refractivity contribution is 5.94. The summed E-state index contributed by atoms with van der Waals surface area (Å²) in [6.45, 7) is 7.53. The third-order valence-corrected chi connectivity index (χ3v) is 4.11. The molecule has 2 atom stereocenters. The van der Waals surface area contributed by atoms with Gasteiger partial charge in [0.15, 0.2) is 6.10 Å². The van der Waals surface area contributed by atoms with E-state index in [1.54, 1.807) is 19.1 Å². The van der Waals surface area contributed by atoms with Gasteiger partial charge in [-0.3, -0.25) is 9.59 Å². The van der Waals surface area contributed by atoms with Gasteiger partial charge in [-0.2, -0.15) is 0 Å². The number of amides is 1. The second-order valence-corrected chi connectivity index (χ2v) is 6.69. The lowest BCUT2D eigenvalue weighted by Gasteiger charge is -2.16. The van der Waals surface area contributed by atoms with Crippen LogP contribution in [0.25, 0.3) is 0 Å². The molecule has 0 saturated carbocycles. The van der Waals surface area contributed by atoms with Crippen molar-refractivity contribution in [2.45, 2.75) is 46.1 Å². The van der Waals surface area contributed by atoms with E-state index in [1.165, 1.54) is 0 Å². The predicted octanol–water partition coefficient (Wildman–Crippen LogP) is 4.29. The van der Waals surface area contributed by atoms with E-state index in [-0.39, 0.29) is 18.2 Å². The Labute approximate surface area is 154 Å². The summed E-state index contributed by atoms with van der Waals surface area (Å²) in [4.78, 5) is 23.1. The van der Waals surface area contributed by atoms with Gasteiger partial charge in [-0.1, -0.05) is 25.1 Å². The number of hydrogen-bond acceptors (Lipinski definition) is 3. The number of benzene rings is 2. The van der Waals surface area contributed by atoms with E-state index in [4.69, 9.17) is 9.84 Å². The van der Waals surface area contributed by atoms with Crippen LogP contribution in [0.1, 0.15) is 42.9 Å². The second kappa shape index (κ2) is 8.52. The highest BCUT2D eigenvalue weighted by atomic mass is 16.5. The number of hydrogen-bond donors (Lipinski definition) is 2. The molecule has 0 bridgehead atoms. The molecule has 5 nitrogen and oxygen atoms in total. The van der Waals surface area contributed by atoms with Gasteiger partial charge in [0.2, 0.25) is 0 Å². The summed E-state index contributed by atoms with van der Waals surface area (Å²) in [6.07, 6.45) is -0.561. The monoisotopic (exact) mass is 355 g/mol. The summed E-state index contributed by atoms with van der Waals surface area (Å²) >= 11 is 0. The molecule has 0 aliphatic rings. The highest BCUT2D eigenvalue weighted by Crippen LogP contribution is 2.22. The lowest BCUT2D eigenvalue weighted by molar-refractivity contribution is -0.137. The maximum absolute atomic E-state index is 12.3. The Hall–Kier alpha value is -2.82. The van der Waals surface area contributed by atoms with E-state index in [2.05, 4.69) is 5.32 Å². The summed E-state index contributed by atoms with van der Waals surface area (Å²) in [5, 5.41) is 11.7. The summed E-state index contributed by atoms with van der Waals surface area (Å²) in [7, 11) is 0. The maximum Gasteiger partial charge on any atom is 0.303 e. The van der Waals surface area contributed by atoms with Crippen LogP contribution in [0.15, 0.2) is 42.5 Å². The van der Waals surface area contributed by atoms with Crippen molar-refractivity contribution in [2.75, 3.05) is 5.32 Å². The molecule has 0 aromatic heterocycles. The molecule has 0 aliphatic heterocycles. The normalized spacial score (nSPS) is 12.9. The van der Waals surface area contributed by atoms with Crippen LogP contribution in [0, 0.1) is 13.8 Å². The molecule has 138 valence electrons. The van der Waals surface area contributed by atoms with Gasteiger partial charge in [0.25, 0.3) is 5.91 Å². The summed E-state index contributed by atoms with van der Waals surface area (Å²) in [5.41, 5.74) is 3.74. The molecular weight excluding hydrogens is 330 g/mol. The van der Waals surface area contributed by atoms with Crippen LogP contribution in [0.2, 0.25) is 0 Å². The molecule has 2 unspecified atom stereocenters. The zero-order valence-electron chi connectivity index (χ0n) is 15.6. The number of nitrogens with one attached hydrogen (secondary N) is 1. The quantitative estimate of drug-likeness (QED) is 0.777. The van der Waals surface area contributed by atoms with E-state index < -0.39 is 12.1 Å². The number of anilines is 1. The van der Waals surface area contributed by atoms with Gasteiger partial charge < -0.3 is 15.2 Å². The number of aliphatic carboxylic acids is 1. The van der Waals surface area contributed by atoms with Crippen LogP contribution >= 0.6 is 0 Å². The van der Waals surface area contributed by atoms with Crippen molar-refractivity contribution >= 4 is 17.6 Å². The minimum atomic E-state index is -0.827. The number of carbonyl (C=O) groups is 2. The highest BCUT2D eigenvalue weighted by Gasteiger charge is 2.16. The Morgan fingerprint density at radius 1 is 1.04 bits per heavy atom. The Morgan fingerprint density at radius 2 is 1.62 bits per heavy atom. The van der Waals surface area contributed by atoms with Crippen molar-refractivity contribution < 1.29 is 19.4 Å². The minimum absolute atomic E-state index is 0.0759. The summed E-state index contributed by atoms with van der Waals surface area (Å²) in [5.74, 6) is -0.477. The average molecular weight is 355 g/mol. The number of ether oxygens (including phenoxy) is 1. The van der Waals surface area contributed by atoms with Gasteiger partial charge in [-0.15, -0.1) is 0 Å². The summed E-state index contributed by atoms with van der Waals surface area (Å²) < 4.78 is 5.74. The standard InChI is InChI=1S/C21H25NO4/c1-13-9-14(2)11-19(10-13)26-16(4)21(25)22-18-7-5-17(6-8-18)15(3)12-20(23)24/h5-11,15-16H,12H2,1-4H3,(H,22,25)(H,23,24). The second-order valence-electron chi connectivity index (χ2n) is 6.69. The third kappa shape index (κ3) is 5.62. The molecule has 0 heterocycles. The van der Waals surface area contributed by atoms with Crippen molar-refractivity contribution in [3.63, 3.8) is 0 Å². The topological polar surface area (TPSA) is 75.6 Å². The predicted molar refractivity (Wildman–Crippen MR) is 102 cm³/mol. The Balaban J connectivity index is 1.96. The molecule has 0 fully saturated rings. The molecule has 2 rings (SSSR count). The smallest absolute Gasteiger partial charge is 0.303 e. The third-order valence-electron chi connectivity index (χ3n) is 4.11. The molecule has 0 spiro atoms. The fourth-order valence-electron chi connectivity index (χ4n) is 2.78. The fourth-order valence-corrected chi connectivity index (χ4v) is 2.78. The van der Waals surface area contributed by atoms with Crippen molar-refractivity contribution in [1.29, 1.82) is 0 Å². The Bertz CT molecular complexity index is 763. The largest absolute Gasteiger partial charge is 0.481 e. The first kappa shape index (κ1) is 19.5. The van der Waals surface area contributed by atoms with Crippen LogP contribution < -0.4 is 10.1 Å². The number of carboxylic acid groups (broad SMARTS) is 1. The average Bonchev–Trinajstić information content (AvgIpc) is 2.53. The first-order chi connectivity index (χ1) is 12.2. The van der Waals surface area contributed by atoms with Gasteiger partial charge in [-0.25, -0.2) is 0 Å². The minimum Gasteiger partial charge on any atom is -0.481 e. The first-order valence-corrected chi connectivity index (χ1v) is 8.62. The molecule has 5 heteroatoms. The van der Waals surface area contributed by atoms with Gasteiger partial charge in [0, 0.05) is 5.69 Å². The van der Waals surface area contributed by atoms with Crippen LogP contribution in [0.3, 0.4) is 0 Å². The van der Waals surface area contributed by atoms with Gasteiger partial charge in [0.1, 0.15) is 5.75 Å². The van der Waals surface area contributed by atoms with Gasteiger partial charge in [0.05, 0.1) is 6.42 Å². The number of rotatable bonds is 7. The molecule has 0 saturated heterocycles. The molecule has 0 radical (unpaired) electrons. The van der Waals surface area contributed by atoms with Crippen molar-refractivity contribution in [3.05, 3.63) is 59.2 Å². The lowest BCUT2D eigenvalue weighted by Crippen LogP contribution is -2.30. The summed E-state index contributed by atoms with van der Waals surface area (Å²) in [6, 6.07) is 13.1. The molecule has 1 amide bonds. The Morgan fingerprint density at radius 3 is 2.15 bits per heavy atom. The van der Waals surface area contributed by atoms with E-state index in [9.17, 15) is 9.59 Å². The fraction of sp³-hybridized carbons (Fsp3) is 0.333. The van der Waals surface area contributed by atoms with Crippen molar-refractivity contribution in [2.24, 2.45) is 0 Å². The molecule has 2 aromatic rings. The number of carbonyl (C=O) groups excluding carboxylic acids is 1. The van der Waals surface area contributed by atoms with Crippen molar-refractivity contribution in [1.82, 2.24) is 0 Å². The van der Waals surface area contributed by atoms with Crippen LogP contribution in [0.5, 0.6) is 5.75 Å². The molecule has 2 N–H and O–H groups in total. The van der Waals surface area contributed by atoms with E-state index in [0.717, 1.165) is 16.7 Å². The Kier molecular flexibility index (Phi) is 6.39. The molecule has 0 aliphatic carbocycles. The van der Waals surface area contributed by atoms with Crippen LogP contribution in [-0.2, 0) is 9.59 Å². The molecule has 26 heavy (non-hydrogen) atoms. The first-order valence-electron chi connectivity index (χ1n) is 8.62. The lowest BCUT2D eigenvalue weighted by atomic mass is 9.98. The zero-order chi connectivity index (χ0) is 19.3. The number of aryl methyl sites for hydroxylation is 2. The van der Waals surface area contributed by atoms with Gasteiger partial charge >= 0.3 is 5.97 Å². The molecular formula is C21H25NO4. The molecule has 2 aromatic carbocycles. The van der Waals surface area contributed by atoms with E-state index in [0.29, 0.717) is 11.4 Å². The van der Waals surface area contributed by atoms with E-state index >= 15 is 0 Å². The SMILES string of the molecule is Cc1cc(C)cc(OC(C)C(=O)Nc2ccc(C(C)CC(=O)O)cc2)c1. The number of carboxylic acids is 1. The van der Waals surface area contributed by atoms with E-state index in [1.807, 2.05) is 51.1 Å². The zero-order valence-corrected chi connectivity index (χ0v) is 15.6. The van der Waals surface area contributed by atoms with Crippen molar-refractivity contribution in [3.8, 4) is 5.75 Å². The van der Waals surface area contributed by atoms with Crippen LogP contribution in [0.4, 0.5) is 5.69 Å². The van der Waals surface area contributed by atoms with Crippen LogP contribution in [-0.4, -0.2) is 23.1 Å². The van der Waals surface area contributed by atoms with Gasteiger partial charge in [-0.05, 0) is 67.6 Å². The maximum atomic E-state index is 12.3.